The third kappa shape index (κ3) is 3.49. The molecule has 0 bridgehead atoms. The van der Waals surface area contributed by atoms with Gasteiger partial charge in [-0.25, -0.2) is 4.79 Å². The molecule has 0 aliphatic heterocycles. The first-order valence-electron chi connectivity index (χ1n) is 6.78. The van der Waals surface area contributed by atoms with E-state index >= 15 is 0 Å². The first-order chi connectivity index (χ1) is 10.5. The number of ether oxygens (including phenoxy) is 1. The summed E-state index contributed by atoms with van der Waals surface area (Å²) in [5.41, 5.74) is 0.683. The lowest BCUT2D eigenvalue weighted by molar-refractivity contribution is -0.137. The van der Waals surface area contributed by atoms with Crippen molar-refractivity contribution in [3.05, 3.63) is 30.0 Å². The van der Waals surface area contributed by atoms with Crippen LogP contribution in [0.5, 0.6) is 5.75 Å². The van der Waals surface area contributed by atoms with Gasteiger partial charge in [-0.3, -0.25) is 4.79 Å². The molecule has 2 amide bonds. The molecule has 22 heavy (non-hydrogen) atoms. The zero-order valence-electron chi connectivity index (χ0n) is 12.5. The second-order valence-corrected chi connectivity index (χ2v) is 4.78. The molecule has 0 aliphatic rings. The highest BCUT2D eigenvalue weighted by molar-refractivity contribution is 5.85. The monoisotopic (exact) mass is 306 g/mol. The number of para-hydroxylation sites is 1. The first kappa shape index (κ1) is 15.7. The number of amides is 2. The summed E-state index contributed by atoms with van der Waals surface area (Å²) >= 11 is 0. The van der Waals surface area contributed by atoms with Crippen molar-refractivity contribution in [2.75, 3.05) is 20.7 Å². The molecule has 7 heteroatoms. The summed E-state index contributed by atoms with van der Waals surface area (Å²) in [6.07, 6.45) is -0.0993. The van der Waals surface area contributed by atoms with E-state index in [-0.39, 0.29) is 25.5 Å². The standard InChI is InChI=1S/C15H18N2O5/c1-17(8-7-13(18)19)15(20)16-9-12-14(21-2)10-5-3-4-6-11(10)22-12/h3-6H,7-9H2,1-2H3,(H,16,20)(H,18,19). The molecule has 0 radical (unpaired) electrons. The average molecular weight is 306 g/mol. The Balaban J connectivity index is 2.02. The molecule has 0 aliphatic carbocycles. The summed E-state index contributed by atoms with van der Waals surface area (Å²) < 4.78 is 11.0. The molecular weight excluding hydrogens is 288 g/mol. The molecule has 118 valence electrons. The molecule has 0 atom stereocenters. The lowest BCUT2D eigenvalue weighted by Gasteiger charge is -2.16. The minimum atomic E-state index is -0.946. The van der Waals surface area contributed by atoms with Gasteiger partial charge in [0.15, 0.2) is 11.5 Å². The van der Waals surface area contributed by atoms with Crippen LogP contribution in [0.25, 0.3) is 11.0 Å². The van der Waals surface area contributed by atoms with Gasteiger partial charge >= 0.3 is 12.0 Å². The van der Waals surface area contributed by atoms with Crippen molar-refractivity contribution in [2.24, 2.45) is 0 Å². The third-order valence-electron chi connectivity index (χ3n) is 3.23. The SMILES string of the molecule is COc1c(CNC(=O)N(C)CCC(=O)O)oc2ccccc12. The second-order valence-electron chi connectivity index (χ2n) is 4.78. The third-order valence-corrected chi connectivity index (χ3v) is 3.23. The molecule has 2 aromatic rings. The predicted octanol–water partition coefficient (Wildman–Crippen LogP) is 2.06. The van der Waals surface area contributed by atoms with Gasteiger partial charge in [0.05, 0.1) is 25.5 Å². The number of carbonyl (C=O) groups is 2. The summed E-state index contributed by atoms with van der Waals surface area (Å²) in [5, 5.41) is 12.1. The smallest absolute Gasteiger partial charge is 0.317 e. The van der Waals surface area contributed by atoms with Crippen molar-refractivity contribution in [1.29, 1.82) is 0 Å². The van der Waals surface area contributed by atoms with Crippen LogP contribution in [0.4, 0.5) is 4.79 Å². The maximum Gasteiger partial charge on any atom is 0.317 e. The summed E-state index contributed by atoms with van der Waals surface area (Å²) in [6, 6.07) is 7.06. The van der Waals surface area contributed by atoms with E-state index in [9.17, 15) is 9.59 Å². The molecule has 0 saturated heterocycles. The largest absolute Gasteiger partial charge is 0.492 e. The van der Waals surface area contributed by atoms with Crippen LogP contribution in [-0.2, 0) is 11.3 Å². The number of hydrogen-bond donors (Lipinski definition) is 2. The predicted molar refractivity (Wildman–Crippen MR) is 79.9 cm³/mol. The minimum absolute atomic E-state index is 0.0993. The van der Waals surface area contributed by atoms with Gasteiger partial charge in [-0.15, -0.1) is 0 Å². The number of benzene rings is 1. The topological polar surface area (TPSA) is 92.0 Å². The van der Waals surface area contributed by atoms with E-state index in [0.29, 0.717) is 17.1 Å². The van der Waals surface area contributed by atoms with Gasteiger partial charge < -0.3 is 24.5 Å². The highest BCUT2D eigenvalue weighted by Crippen LogP contribution is 2.32. The number of carboxylic acids is 1. The van der Waals surface area contributed by atoms with Crippen LogP contribution in [0, 0.1) is 0 Å². The van der Waals surface area contributed by atoms with Crippen LogP contribution in [0.2, 0.25) is 0 Å². The Hall–Kier alpha value is -2.70. The van der Waals surface area contributed by atoms with Gasteiger partial charge in [-0.2, -0.15) is 0 Å². The summed E-state index contributed by atoms with van der Waals surface area (Å²) in [4.78, 5) is 23.7. The number of hydrogen-bond acceptors (Lipinski definition) is 4. The first-order valence-corrected chi connectivity index (χ1v) is 6.78. The van der Waals surface area contributed by atoms with Crippen LogP contribution in [0.3, 0.4) is 0 Å². The number of methoxy groups -OCH3 is 1. The van der Waals surface area contributed by atoms with Gasteiger partial charge in [0.25, 0.3) is 0 Å². The average Bonchev–Trinajstić information content (AvgIpc) is 2.87. The van der Waals surface area contributed by atoms with Crippen molar-refractivity contribution in [3.63, 3.8) is 0 Å². The molecule has 1 aromatic heterocycles. The van der Waals surface area contributed by atoms with Crippen LogP contribution in [0.15, 0.2) is 28.7 Å². The molecule has 0 saturated carbocycles. The van der Waals surface area contributed by atoms with Crippen molar-refractivity contribution in [1.82, 2.24) is 10.2 Å². The molecular formula is C15H18N2O5. The van der Waals surface area contributed by atoms with Gasteiger partial charge in [0.1, 0.15) is 5.58 Å². The maximum absolute atomic E-state index is 11.9. The lowest BCUT2D eigenvalue weighted by Crippen LogP contribution is -2.37. The van der Waals surface area contributed by atoms with E-state index in [0.717, 1.165) is 5.39 Å². The van der Waals surface area contributed by atoms with Gasteiger partial charge in [0, 0.05) is 13.6 Å². The molecule has 1 aromatic carbocycles. The number of rotatable bonds is 6. The Morgan fingerprint density at radius 2 is 2.09 bits per heavy atom. The van der Waals surface area contributed by atoms with Crippen LogP contribution >= 0.6 is 0 Å². The zero-order chi connectivity index (χ0) is 16.1. The molecule has 0 spiro atoms. The van der Waals surface area contributed by atoms with E-state index in [1.165, 1.54) is 11.9 Å². The van der Waals surface area contributed by atoms with Crippen LogP contribution < -0.4 is 10.1 Å². The fourth-order valence-corrected chi connectivity index (χ4v) is 2.07. The zero-order valence-corrected chi connectivity index (χ0v) is 12.5. The van der Waals surface area contributed by atoms with Crippen molar-refractivity contribution < 1.29 is 23.8 Å². The van der Waals surface area contributed by atoms with E-state index in [2.05, 4.69) is 5.32 Å². The van der Waals surface area contributed by atoms with Crippen molar-refractivity contribution >= 4 is 23.0 Å². The number of fused-ring (bicyclic) bond motifs is 1. The number of urea groups is 1. The summed E-state index contributed by atoms with van der Waals surface area (Å²) in [5.74, 6) is 0.159. The molecule has 7 nitrogen and oxygen atoms in total. The number of nitrogens with one attached hydrogen (secondary N) is 1. The fraction of sp³-hybridized carbons (Fsp3) is 0.333. The van der Waals surface area contributed by atoms with E-state index in [1.807, 2.05) is 24.3 Å². The molecule has 1 heterocycles. The number of furan rings is 1. The number of carboxylic acid groups (broad SMARTS) is 1. The summed E-state index contributed by atoms with van der Waals surface area (Å²) in [7, 11) is 3.08. The molecule has 2 N–H and O–H groups in total. The lowest BCUT2D eigenvalue weighted by atomic mass is 10.2. The van der Waals surface area contributed by atoms with E-state index in [1.54, 1.807) is 7.11 Å². The molecule has 0 unspecified atom stereocenters. The summed E-state index contributed by atoms with van der Waals surface area (Å²) in [6.45, 7) is 0.298. The van der Waals surface area contributed by atoms with Gasteiger partial charge in [-0.05, 0) is 12.1 Å². The minimum Gasteiger partial charge on any atom is -0.492 e. The molecule has 2 rings (SSSR count). The van der Waals surface area contributed by atoms with Gasteiger partial charge in [-0.1, -0.05) is 12.1 Å². The van der Waals surface area contributed by atoms with E-state index < -0.39 is 5.97 Å². The number of carbonyl (C=O) groups excluding carboxylic acids is 1. The van der Waals surface area contributed by atoms with Crippen LogP contribution in [0.1, 0.15) is 12.2 Å². The highest BCUT2D eigenvalue weighted by atomic mass is 16.5. The quantitative estimate of drug-likeness (QED) is 0.852. The fourth-order valence-electron chi connectivity index (χ4n) is 2.07. The van der Waals surface area contributed by atoms with E-state index in [4.69, 9.17) is 14.3 Å². The molecule has 0 fully saturated rings. The highest BCUT2D eigenvalue weighted by Gasteiger charge is 2.16. The normalized spacial score (nSPS) is 10.5. The Morgan fingerprint density at radius 1 is 1.36 bits per heavy atom. The van der Waals surface area contributed by atoms with Crippen molar-refractivity contribution in [2.45, 2.75) is 13.0 Å². The Bertz CT molecular complexity index is 680. The number of nitrogens with zero attached hydrogens (tertiary/aromatic N) is 1. The Labute approximate surface area is 127 Å². The van der Waals surface area contributed by atoms with Crippen LogP contribution in [-0.4, -0.2) is 42.7 Å². The van der Waals surface area contributed by atoms with Gasteiger partial charge in [0.2, 0.25) is 0 Å². The number of aliphatic carboxylic acids is 1. The maximum atomic E-state index is 11.9. The Kier molecular flexibility index (Phi) is 4.88. The Morgan fingerprint density at radius 3 is 2.77 bits per heavy atom. The van der Waals surface area contributed by atoms with Crippen molar-refractivity contribution in [3.8, 4) is 5.75 Å². The second kappa shape index (κ2) is 6.84.